The zero-order chi connectivity index (χ0) is 42.3. The molecule has 2 aromatic rings. The molecular formula is C50H82BaO8. The Kier molecular flexibility index (Phi) is 41.2. The van der Waals surface area contributed by atoms with E-state index in [1.807, 2.05) is 50.2 Å². The normalized spacial score (nSPS) is 13.1. The van der Waals surface area contributed by atoms with Crippen LogP contribution in [0, 0.1) is 0 Å². The number of ether oxygens (including phenoxy) is 2. The molecule has 0 saturated carbocycles. The molecule has 332 valence electrons. The maximum atomic E-state index is 10.3. The van der Waals surface area contributed by atoms with Gasteiger partial charge in [0.1, 0.15) is 0 Å². The Hall–Kier alpha value is -1.21. The third-order valence-corrected chi connectivity index (χ3v) is 10.9. The van der Waals surface area contributed by atoms with Gasteiger partial charge in [0.25, 0.3) is 0 Å². The fourth-order valence-electron chi connectivity index (χ4n) is 7.25. The maximum Gasteiger partial charge on any atom is 2.00 e. The van der Waals surface area contributed by atoms with E-state index in [0.29, 0.717) is 13.2 Å². The van der Waals surface area contributed by atoms with Crippen molar-refractivity contribution in [3.05, 3.63) is 71.8 Å². The van der Waals surface area contributed by atoms with E-state index in [9.17, 15) is 30.0 Å². The number of hydrogen-bond donors (Lipinski definition) is 2. The molecule has 0 aliphatic carbocycles. The molecule has 0 radical (unpaired) electrons. The molecule has 0 heterocycles. The van der Waals surface area contributed by atoms with Crippen LogP contribution in [-0.2, 0) is 32.3 Å². The van der Waals surface area contributed by atoms with Gasteiger partial charge in [0.05, 0.1) is 37.6 Å². The van der Waals surface area contributed by atoms with Gasteiger partial charge in [-0.25, -0.2) is 0 Å². The van der Waals surface area contributed by atoms with Gasteiger partial charge >= 0.3 is 48.9 Å². The summed E-state index contributed by atoms with van der Waals surface area (Å²) in [6.45, 7) is 4.76. The average molecular weight is 949 g/mol. The SMILES string of the molecule is CC(O)C(CCCCCCCCCCCCCCC(=O)[O-])OCc1ccccc1.CC(O)C(CCCCCCCCCCCCCCC(=O)[O-])OCc1ccccc1.[Ba+2]. The Labute approximate surface area is 400 Å². The van der Waals surface area contributed by atoms with E-state index in [4.69, 9.17) is 9.47 Å². The van der Waals surface area contributed by atoms with Gasteiger partial charge in [-0.05, 0) is 63.5 Å². The number of aliphatic hydroxyl groups excluding tert-OH is 2. The van der Waals surface area contributed by atoms with E-state index >= 15 is 0 Å². The summed E-state index contributed by atoms with van der Waals surface area (Å²) in [6.07, 6.45) is 29.5. The standard InChI is InChI=1S/2C25H42O4.Ba/c2*1-22(26)24(29-21-23-17-13-12-14-18-23)19-15-10-8-6-4-2-3-5-7-9-11-16-20-25(27)28;/h2*12-14,17-18,22,24,26H,2-11,15-16,19-21H2,1H3,(H,27,28);/q;;+2/p-2. The van der Waals surface area contributed by atoms with Crippen LogP contribution in [0.15, 0.2) is 60.7 Å². The molecule has 2 N–H and O–H groups in total. The number of benzene rings is 2. The fourth-order valence-corrected chi connectivity index (χ4v) is 7.25. The van der Waals surface area contributed by atoms with Crippen LogP contribution < -0.4 is 10.2 Å². The molecular weight excluding hydrogens is 866 g/mol. The first-order chi connectivity index (χ1) is 28.2. The van der Waals surface area contributed by atoms with E-state index in [1.165, 1.54) is 103 Å². The van der Waals surface area contributed by atoms with Crippen molar-refractivity contribution in [3.8, 4) is 0 Å². The molecule has 0 aliphatic heterocycles. The first-order valence-corrected chi connectivity index (χ1v) is 23.3. The van der Waals surface area contributed by atoms with Gasteiger partial charge in [-0.1, -0.05) is 202 Å². The van der Waals surface area contributed by atoms with Crippen LogP contribution in [0.25, 0.3) is 0 Å². The first-order valence-electron chi connectivity index (χ1n) is 23.3. The van der Waals surface area contributed by atoms with Gasteiger partial charge in [-0.3, -0.25) is 0 Å². The minimum atomic E-state index is -0.925. The fraction of sp³-hybridized carbons (Fsp3) is 0.720. The molecule has 0 saturated heterocycles. The van der Waals surface area contributed by atoms with E-state index in [1.54, 1.807) is 0 Å². The summed E-state index contributed by atoms with van der Waals surface area (Å²) in [6, 6.07) is 20.2. The summed E-state index contributed by atoms with van der Waals surface area (Å²) in [7, 11) is 0. The number of rotatable bonds is 38. The number of carboxylic acid groups (broad SMARTS) is 2. The summed E-state index contributed by atoms with van der Waals surface area (Å²) in [5, 5.41) is 40.5. The van der Waals surface area contributed by atoms with Crippen LogP contribution in [0.5, 0.6) is 0 Å². The number of carbonyl (C=O) groups excluding carboxylic acids is 2. The second kappa shape index (κ2) is 42.1. The monoisotopic (exact) mass is 949 g/mol. The van der Waals surface area contributed by atoms with E-state index in [0.717, 1.165) is 75.3 Å². The Balaban J connectivity index is 0.00000112. The second-order valence-electron chi connectivity index (χ2n) is 16.5. The Morgan fingerprint density at radius 3 is 0.915 bits per heavy atom. The number of carbonyl (C=O) groups is 2. The van der Waals surface area contributed by atoms with Crippen molar-refractivity contribution >= 4 is 60.8 Å². The Morgan fingerprint density at radius 1 is 0.441 bits per heavy atom. The minimum absolute atomic E-state index is 0. The van der Waals surface area contributed by atoms with Gasteiger partial charge in [-0.15, -0.1) is 0 Å². The molecule has 0 aliphatic rings. The van der Waals surface area contributed by atoms with Crippen molar-refractivity contribution < 1.29 is 39.5 Å². The van der Waals surface area contributed by atoms with Crippen molar-refractivity contribution in [2.45, 2.75) is 231 Å². The van der Waals surface area contributed by atoms with Crippen molar-refractivity contribution in [1.29, 1.82) is 0 Å². The molecule has 8 nitrogen and oxygen atoms in total. The number of aliphatic hydroxyl groups is 2. The van der Waals surface area contributed by atoms with E-state index in [2.05, 4.69) is 24.3 Å². The van der Waals surface area contributed by atoms with Gasteiger partial charge in [-0.2, -0.15) is 0 Å². The zero-order valence-electron chi connectivity index (χ0n) is 37.3. The van der Waals surface area contributed by atoms with Crippen molar-refractivity contribution in [2.75, 3.05) is 0 Å². The number of carboxylic acids is 2. The predicted molar refractivity (Wildman–Crippen MR) is 238 cm³/mol. The summed E-state index contributed by atoms with van der Waals surface area (Å²) < 4.78 is 11.9. The molecule has 0 amide bonds. The summed E-state index contributed by atoms with van der Waals surface area (Å²) in [4.78, 5) is 20.6. The molecule has 59 heavy (non-hydrogen) atoms. The molecule has 4 atom stereocenters. The van der Waals surface area contributed by atoms with E-state index in [-0.39, 0.29) is 73.9 Å². The molecule has 0 bridgehead atoms. The largest absolute Gasteiger partial charge is 2.00 e. The van der Waals surface area contributed by atoms with Crippen LogP contribution in [0.3, 0.4) is 0 Å². The Morgan fingerprint density at radius 2 is 0.678 bits per heavy atom. The summed E-state index contributed by atoms with van der Waals surface area (Å²) in [5.74, 6) is -1.85. The van der Waals surface area contributed by atoms with Crippen LogP contribution in [0.4, 0.5) is 0 Å². The first kappa shape index (κ1) is 57.8. The topological polar surface area (TPSA) is 139 Å². The molecule has 0 spiro atoms. The Bertz CT molecular complexity index is 1100. The third kappa shape index (κ3) is 38.2. The van der Waals surface area contributed by atoms with Crippen LogP contribution >= 0.6 is 0 Å². The number of hydrogen-bond acceptors (Lipinski definition) is 8. The molecule has 9 heteroatoms. The van der Waals surface area contributed by atoms with Crippen molar-refractivity contribution in [2.24, 2.45) is 0 Å². The van der Waals surface area contributed by atoms with E-state index < -0.39 is 24.1 Å². The predicted octanol–water partition coefficient (Wildman–Crippen LogP) is 9.95. The zero-order valence-corrected chi connectivity index (χ0v) is 41.8. The average Bonchev–Trinajstić information content (AvgIpc) is 3.20. The van der Waals surface area contributed by atoms with Gasteiger partial charge in [0.2, 0.25) is 0 Å². The minimum Gasteiger partial charge on any atom is -0.550 e. The van der Waals surface area contributed by atoms with Crippen molar-refractivity contribution in [3.63, 3.8) is 0 Å². The van der Waals surface area contributed by atoms with Gasteiger partial charge in [0, 0.05) is 11.9 Å². The molecule has 2 rings (SSSR count). The molecule has 4 unspecified atom stereocenters. The molecule has 2 aromatic carbocycles. The molecule has 0 aromatic heterocycles. The third-order valence-electron chi connectivity index (χ3n) is 10.9. The second-order valence-corrected chi connectivity index (χ2v) is 16.5. The molecule has 0 fully saturated rings. The van der Waals surface area contributed by atoms with Crippen LogP contribution in [0.1, 0.15) is 205 Å². The number of aliphatic carboxylic acids is 2. The summed E-state index contributed by atoms with van der Waals surface area (Å²) >= 11 is 0. The van der Waals surface area contributed by atoms with Crippen LogP contribution in [-0.4, -0.2) is 95.4 Å². The van der Waals surface area contributed by atoms with Crippen molar-refractivity contribution in [1.82, 2.24) is 0 Å². The van der Waals surface area contributed by atoms with Gasteiger partial charge < -0.3 is 39.5 Å². The quantitative estimate of drug-likeness (QED) is 0.0501. The van der Waals surface area contributed by atoms with Gasteiger partial charge in [0.15, 0.2) is 0 Å². The maximum absolute atomic E-state index is 10.3. The summed E-state index contributed by atoms with van der Waals surface area (Å²) in [5.41, 5.74) is 2.30. The number of unbranched alkanes of at least 4 members (excludes halogenated alkanes) is 22. The smallest absolute Gasteiger partial charge is 0.550 e. The van der Waals surface area contributed by atoms with Crippen LogP contribution in [0.2, 0.25) is 0 Å².